The van der Waals surface area contributed by atoms with Crippen molar-refractivity contribution in [2.75, 3.05) is 24.5 Å². The van der Waals surface area contributed by atoms with Crippen LogP contribution in [-0.2, 0) is 0 Å². The van der Waals surface area contributed by atoms with E-state index in [0.29, 0.717) is 12.0 Å². The van der Waals surface area contributed by atoms with Gasteiger partial charge in [-0.25, -0.2) is 4.98 Å². The van der Waals surface area contributed by atoms with E-state index in [-0.39, 0.29) is 9.92 Å². The third kappa shape index (κ3) is 3.87. The summed E-state index contributed by atoms with van der Waals surface area (Å²) in [6.07, 6.45) is 3.73. The van der Waals surface area contributed by atoms with Gasteiger partial charge in [0.05, 0.1) is 4.92 Å². The minimum atomic E-state index is -0.372. The number of anilines is 1. The largest absolute Gasteiger partial charge is 0.346 e. The highest BCUT2D eigenvalue weighted by Gasteiger charge is 2.22. The van der Waals surface area contributed by atoms with Gasteiger partial charge in [0.1, 0.15) is 6.20 Å². The van der Waals surface area contributed by atoms with E-state index in [4.69, 9.17) is 0 Å². The monoisotopic (exact) mass is 284 g/mol. The zero-order chi connectivity index (χ0) is 13.8. The fourth-order valence-electron chi connectivity index (χ4n) is 2.34. The van der Waals surface area contributed by atoms with Crippen LogP contribution >= 0.6 is 11.3 Å². The van der Waals surface area contributed by atoms with Crippen molar-refractivity contribution in [3.63, 3.8) is 0 Å². The molecule has 0 aromatic carbocycles. The molecule has 1 aliphatic rings. The van der Waals surface area contributed by atoms with E-state index in [1.54, 1.807) is 0 Å². The van der Waals surface area contributed by atoms with E-state index >= 15 is 0 Å². The molecule has 0 amide bonds. The number of hydrogen-bond donors (Lipinski definition) is 1. The molecule has 0 aliphatic carbocycles. The van der Waals surface area contributed by atoms with E-state index in [1.165, 1.54) is 19.0 Å². The van der Waals surface area contributed by atoms with Crippen molar-refractivity contribution < 1.29 is 4.92 Å². The lowest BCUT2D eigenvalue weighted by Crippen LogP contribution is -2.39. The van der Waals surface area contributed by atoms with Crippen LogP contribution in [0.2, 0.25) is 0 Å². The molecule has 7 heteroatoms. The highest BCUT2D eigenvalue weighted by molar-refractivity contribution is 7.18. The molecular formula is C12H20N4O2S. The Hall–Kier alpha value is -1.21. The Bertz CT molecular complexity index is 429. The van der Waals surface area contributed by atoms with E-state index in [0.717, 1.165) is 36.1 Å². The first-order valence-electron chi connectivity index (χ1n) is 6.65. The summed E-state index contributed by atoms with van der Waals surface area (Å²) in [4.78, 5) is 16.8. The van der Waals surface area contributed by atoms with Crippen molar-refractivity contribution in [1.29, 1.82) is 0 Å². The van der Waals surface area contributed by atoms with Crippen molar-refractivity contribution in [2.45, 2.75) is 32.7 Å². The van der Waals surface area contributed by atoms with Gasteiger partial charge in [-0.05, 0) is 36.6 Å². The molecule has 0 spiro atoms. The second-order valence-corrected chi connectivity index (χ2v) is 6.32. The van der Waals surface area contributed by atoms with Crippen LogP contribution in [0.3, 0.4) is 0 Å². The first-order chi connectivity index (χ1) is 9.06. The van der Waals surface area contributed by atoms with Crippen LogP contribution in [-0.4, -0.2) is 35.6 Å². The molecule has 0 bridgehead atoms. The van der Waals surface area contributed by atoms with Crippen molar-refractivity contribution in [1.82, 2.24) is 10.3 Å². The number of rotatable bonds is 6. The molecule has 1 aromatic heterocycles. The quantitative estimate of drug-likeness (QED) is 0.641. The molecule has 1 unspecified atom stereocenters. The lowest BCUT2D eigenvalue weighted by Gasteiger charge is -2.26. The van der Waals surface area contributed by atoms with Gasteiger partial charge in [-0.2, -0.15) is 0 Å². The summed E-state index contributed by atoms with van der Waals surface area (Å²) in [6.45, 7) is 7.12. The van der Waals surface area contributed by atoms with Gasteiger partial charge in [-0.15, -0.1) is 0 Å². The van der Waals surface area contributed by atoms with Crippen molar-refractivity contribution in [2.24, 2.45) is 5.92 Å². The standard InChI is InChI=1S/C12H20N4O2S/c1-9(2)7-15(8-10-4-3-5-13-10)12-14-6-11(19-12)16(17)18/h6,9-10,13H,3-5,7-8H2,1-2H3. The molecule has 0 radical (unpaired) electrons. The fraction of sp³-hybridized carbons (Fsp3) is 0.750. The molecule has 2 rings (SSSR count). The Kier molecular flexibility index (Phi) is 4.71. The van der Waals surface area contributed by atoms with Crippen LogP contribution in [0.15, 0.2) is 6.20 Å². The molecule has 1 atom stereocenters. The maximum absolute atomic E-state index is 10.7. The van der Waals surface area contributed by atoms with Gasteiger partial charge in [-0.1, -0.05) is 13.8 Å². The molecule has 2 heterocycles. The number of hydrogen-bond acceptors (Lipinski definition) is 6. The van der Waals surface area contributed by atoms with E-state index in [2.05, 4.69) is 29.0 Å². The second kappa shape index (κ2) is 6.29. The van der Waals surface area contributed by atoms with Gasteiger partial charge < -0.3 is 10.2 Å². The number of thiazole rings is 1. The molecule has 6 nitrogen and oxygen atoms in total. The first kappa shape index (κ1) is 14.2. The van der Waals surface area contributed by atoms with Crippen molar-refractivity contribution in [3.05, 3.63) is 16.3 Å². The van der Waals surface area contributed by atoms with E-state index < -0.39 is 0 Å². The number of aromatic nitrogens is 1. The molecule has 1 aliphatic heterocycles. The molecule has 19 heavy (non-hydrogen) atoms. The Balaban J connectivity index is 2.08. The number of nitro groups is 1. The van der Waals surface area contributed by atoms with Crippen LogP contribution < -0.4 is 10.2 Å². The molecule has 1 aromatic rings. The van der Waals surface area contributed by atoms with Crippen molar-refractivity contribution in [3.8, 4) is 0 Å². The normalized spacial score (nSPS) is 19.0. The first-order valence-corrected chi connectivity index (χ1v) is 7.46. The van der Waals surface area contributed by atoms with Gasteiger partial charge in [0.25, 0.3) is 0 Å². The maximum atomic E-state index is 10.7. The molecule has 0 saturated carbocycles. The van der Waals surface area contributed by atoms with Crippen LogP contribution in [0.25, 0.3) is 0 Å². The Labute approximate surface area is 117 Å². The van der Waals surface area contributed by atoms with Gasteiger partial charge in [0.15, 0.2) is 5.13 Å². The predicted octanol–water partition coefficient (Wildman–Crippen LogP) is 2.27. The summed E-state index contributed by atoms with van der Waals surface area (Å²) >= 11 is 1.16. The smallest absolute Gasteiger partial charge is 0.345 e. The molecule has 1 saturated heterocycles. The van der Waals surface area contributed by atoms with Gasteiger partial charge in [-0.3, -0.25) is 10.1 Å². The Morgan fingerprint density at radius 2 is 2.47 bits per heavy atom. The van der Waals surface area contributed by atoms with Gasteiger partial charge in [0.2, 0.25) is 0 Å². The molecule has 106 valence electrons. The van der Waals surface area contributed by atoms with Gasteiger partial charge in [0, 0.05) is 19.1 Å². The summed E-state index contributed by atoms with van der Waals surface area (Å²) < 4.78 is 0. The van der Waals surface area contributed by atoms with E-state index in [1.807, 2.05) is 0 Å². The van der Waals surface area contributed by atoms with Crippen molar-refractivity contribution >= 4 is 21.5 Å². The lowest BCUT2D eigenvalue weighted by atomic mass is 10.2. The summed E-state index contributed by atoms with van der Waals surface area (Å²) in [6, 6.07) is 0.474. The van der Waals surface area contributed by atoms with Crippen LogP contribution in [0.1, 0.15) is 26.7 Å². The maximum Gasteiger partial charge on any atom is 0.345 e. The summed E-state index contributed by atoms with van der Waals surface area (Å²) in [5.74, 6) is 0.504. The zero-order valence-electron chi connectivity index (χ0n) is 11.3. The van der Waals surface area contributed by atoms with E-state index in [9.17, 15) is 10.1 Å². The molecule has 1 N–H and O–H groups in total. The average molecular weight is 284 g/mol. The predicted molar refractivity (Wildman–Crippen MR) is 76.8 cm³/mol. The lowest BCUT2D eigenvalue weighted by molar-refractivity contribution is -0.380. The van der Waals surface area contributed by atoms with Gasteiger partial charge >= 0.3 is 5.00 Å². The minimum Gasteiger partial charge on any atom is -0.346 e. The number of nitrogens with zero attached hydrogens (tertiary/aromatic N) is 3. The second-order valence-electron chi connectivity index (χ2n) is 5.33. The summed E-state index contributed by atoms with van der Waals surface area (Å²) in [7, 11) is 0. The third-order valence-corrected chi connectivity index (χ3v) is 4.13. The van der Waals surface area contributed by atoms with Crippen LogP contribution in [0, 0.1) is 16.0 Å². The summed E-state index contributed by atoms with van der Waals surface area (Å²) in [5.41, 5.74) is 0. The Morgan fingerprint density at radius 3 is 3.00 bits per heavy atom. The molecule has 1 fully saturated rings. The Morgan fingerprint density at radius 1 is 1.68 bits per heavy atom. The summed E-state index contributed by atoms with van der Waals surface area (Å²) in [5, 5.41) is 15.1. The number of nitrogens with one attached hydrogen (secondary N) is 1. The SMILES string of the molecule is CC(C)CN(CC1CCCN1)c1ncc([N+](=O)[O-])s1. The molecular weight excluding hydrogens is 264 g/mol. The topological polar surface area (TPSA) is 71.3 Å². The van der Waals surface area contributed by atoms with Crippen LogP contribution in [0.5, 0.6) is 0 Å². The highest BCUT2D eigenvalue weighted by Crippen LogP contribution is 2.29. The van der Waals surface area contributed by atoms with Crippen LogP contribution in [0.4, 0.5) is 10.1 Å². The minimum absolute atomic E-state index is 0.114. The highest BCUT2D eigenvalue weighted by atomic mass is 32.1. The fourth-order valence-corrected chi connectivity index (χ4v) is 3.09. The average Bonchev–Trinajstić information content (AvgIpc) is 2.98. The third-order valence-electron chi connectivity index (χ3n) is 3.12. The zero-order valence-corrected chi connectivity index (χ0v) is 12.2.